The highest BCUT2D eigenvalue weighted by molar-refractivity contribution is 7.71. The number of hydrogen-bond donors (Lipinski definition) is 4. The van der Waals surface area contributed by atoms with Crippen molar-refractivity contribution in [3.8, 4) is 5.75 Å². The van der Waals surface area contributed by atoms with Crippen LogP contribution in [-0.4, -0.2) is 62.8 Å². The average Bonchev–Trinajstić information content (AvgIpc) is 3.08. The van der Waals surface area contributed by atoms with Crippen LogP contribution in [0.5, 0.6) is 5.75 Å². The third-order valence-corrected chi connectivity index (χ3v) is 7.28. The van der Waals surface area contributed by atoms with E-state index in [1.165, 1.54) is 32.2 Å². The minimum absolute atomic E-state index is 0.0352. The molecule has 0 radical (unpaired) electrons. The van der Waals surface area contributed by atoms with Crippen molar-refractivity contribution in [2.75, 3.05) is 13.2 Å². The molecule has 6 atom stereocenters. The zero-order chi connectivity index (χ0) is 29.0. The lowest BCUT2D eigenvalue weighted by Crippen LogP contribution is -2.45. The Hall–Kier alpha value is -2.38. The summed E-state index contributed by atoms with van der Waals surface area (Å²) in [6.45, 7) is 1.51. The number of carbonyl (C=O) groups excluding carboxylic acids is 1. The molecule has 0 saturated carbocycles. The highest BCUT2D eigenvalue weighted by Crippen LogP contribution is 2.47. The van der Waals surface area contributed by atoms with Crippen LogP contribution >= 0.6 is 20.0 Å². The van der Waals surface area contributed by atoms with Gasteiger partial charge in [0.05, 0.1) is 15.9 Å². The molecule has 1 saturated heterocycles. The highest BCUT2D eigenvalue weighted by Gasteiger charge is 2.53. The number of nitrogens with zero attached hydrogens (tertiary/aromatic N) is 1. The van der Waals surface area contributed by atoms with Gasteiger partial charge in [-0.2, -0.15) is 5.09 Å². The Bertz CT molecular complexity index is 1310. The second-order valence-corrected chi connectivity index (χ2v) is 10.6. The molecule has 204 valence electrons. The second-order valence-electron chi connectivity index (χ2n) is 8.58. The molecule has 0 amide bonds. The van der Waals surface area contributed by atoms with Gasteiger partial charge in [0.1, 0.15) is 29.6 Å². The van der Waals surface area contributed by atoms with Crippen molar-refractivity contribution < 1.29 is 40.8 Å². The van der Waals surface area contributed by atoms with E-state index in [1.807, 2.05) is 6.92 Å². The number of esters is 1. The first-order chi connectivity index (χ1) is 18.2. The van der Waals surface area contributed by atoms with E-state index in [1.54, 1.807) is 18.2 Å². The molecule has 2 unspecified atom stereocenters. The van der Waals surface area contributed by atoms with Gasteiger partial charge in [-0.05, 0) is 44.6 Å². The van der Waals surface area contributed by atoms with Crippen LogP contribution in [0, 0.1) is 4.77 Å². The molecule has 14 heteroatoms. The lowest BCUT2D eigenvalue weighted by atomic mass is 9.96. The molecule has 3 rings (SSSR count). The summed E-state index contributed by atoms with van der Waals surface area (Å²) in [5.41, 5.74) is -2.65. The maximum absolute atomic E-state index is 13.8. The number of ether oxygens (including phenoxy) is 2. The minimum Gasteiger partial charge on any atom is -0.465 e. The number of para-hydroxylation sites is 1. The molecular weight excluding hydrogens is 525 g/mol. The molecule has 2 heterocycles. The van der Waals surface area contributed by atoms with Crippen LogP contribution in [0.2, 0.25) is 0 Å². The van der Waals surface area contributed by atoms with E-state index in [0.717, 1.165) is 17.1 Å². The fourth-order valence-corrected chi connectivity index (χ4v) is 5.02. The lowest BCUT2D eigenvalue weighted by Gasteiger charge is -2.28. The Morgan fingerprint density at radius 2 is 2.11 bits per heavy atom. The topological polar surface area (TPSA) is 161 Å². The van der Waals surface area contributed by atoms with Crippen molar-refractivity contribution in [3.05, 3.63) is 57.7 Å². The lowest BCUT2D eigenvalue weighted by molar-refractivity contribution is -0.145. The van der Waals surface area contributed by atoms with Gasteiger partial charge in [0, 0.05) is 12.3 Å². The van der Waals surface area contributed by atoms with Gasteiger partial charge < -0.3 is 24.2 Å². The van der Waals surface area contributed by atoms with Crippen molar-refractivity contribution in [1.82, 2.24) is 14.6 Å². The fraction of sp³-hybridized carbons (Fsp3) is 0.522. The summed E-state index contributed by atoms with van der Waals surface area (Å²) in [6.07, 6.45) is -2.70. The number of benzene rings is 1. The van der Waals surface area contributed by atoms with Gasteiger partial charge in [0.25, 0.3) is 5.56 Å². The summed E-state index contributed by atoms with van der Waals surface area (Å²) in [5.74, 6) is -0.731. The summed E-state index contributed by atoms with van der Waals surface area (Å²) in [5, 5.41) is 24.3. The van der Waals surface area contributed by atoms with Crippen LogP contribution in [0.4, 0.5) is 0 Å². The van der Waals surface area contributed by atoms with Crippen LogP contribution in [0.1, 0.15) is 42.6 Å². The van der Waals surface area contributed by atoms with Crippen LogP contribution in [-0.2, 0) is 23.4 Å². The number of aliphatic hydroxyl groups is 2. The van der Waals surface area contributed by atoms with Crippen LogP contribution < -0.4 is 15.2 Å². The molecule has 4 N–H and O–H groups in total. The van der Waals surface area contributed by atoms with Crippen molar-refractivity contribution in [2.24, 2.45) is 0 Å². The molecule has 37 heavy (non-hydrogen) atoms. The Kier molecular flexibility index (Phi) is 8.82. The van der Waals surface area contributed by atoms with Crippen molar-refractivity contribution in [3.63, 3.8) is 0 Å². The van der Waals surface area contributed by atoms with E-state index in [4.69, 9.17) is 33.5 Å². The van der Waals surface area contributed by atoms with E-state index >= 15 is 0 Å². The molecule has 2 aromatic rings. The summed E-state index contributed by atoms with van der Waals surface area (Å²) < 4.78 is 53.5. The highest BCUT2D eigenvalue weighted by atomic mass is 32.1. The number of nitrogens with one attached hydrogen (secondary N) is 2. The predicted octanol–water partition coefficient (Wildman–Crippen LogP) is 2.44. The SMILES string of the molecule is [2H]C([2H])(OP(=O)(N[C@@H](C)C(=O)OCCCC)Oc1ccccc1)[C@H]1O[C@@H](n2ccc(=O)[nH]c2=S)C(C)(O)[C@H]1O. The Morgan fingerprint density at radius 1 is 1.41 bits per heavy atom. The summed E-state index contributed by atoms with van der Waals surface area (Å²) in [7, 11) is -4.71. The Morgan fingerprint density at radius 3 is 2.76 bits per heavy atom. The van der Waals surface area contributed by atoms with Gasteiger partial charge in [-0.15, -0.1) is 0 Å². The number of unbranched alkanes of at least 4 members (excludes halogenated alkanes) is 1. The summed E-state index contributed by atoms with van der Waals surface area (Å²) in [6, 6.07) is 7.58. The smallest absolute Gasteiger partial charge is 0.459 e. The molecule has 1 aliphatic heterocycles. The van der Waals surface area contributed by atoms with E-state index < -0.39 is 55.9 Å². The van der Waals surface area contributed by atoms with Crippen molar-refractivity contribution in [2.45, 2.75) is 63.7 Å². The molecular formula is C23H32N3O9PS. The maximum Gasteiger partial charge on any atom is 0.459 e. The standard InChI is InChI=1S/C23H32N3O9PS/c1-4-5-13-32-20(29)15(2)25-36(31,35-16-9-7-6-8-10-16)33-14-17-19(28)23(3,30)21(34-17)26-12-11-18(27)24-22(26)37/h6-12,15,17,19,21,28,30H,4-5,13-14H2,1-3H3,(H,25,31)(H,24,27,37)/t15-,17+,19-,21+,23?,36?/m0/s1/i14D2. The Balaban J connectivity index is 1.89. The number of H-pyrrole nitrogens is 1. The number of aromatic nitrogens is 2. The fourth-order valence-electron chi connectivity index (χ4n) is 3.40. The largest absolute Gasteiger partial charge is 0.465 e. The molecule has 0 spiro atoms. The van der Waals surface area contributed by atoms with Crippen LogP contribution in [0.25, 0.3) is 0 Å². The first kappa shape index (κ1) is 26.2. The summed E-state index contributed by atoms with van der Waals surface area (Å²) >= 11 is 5.11. The monoisotopic (exact) mass is 559 g/mol. The molecule has 1 aromatic heterocycles. The molecule has 0 bridgehead atoms. The number of rotatable bonds is 12. The molecule has 1 fully saturated rings. The predicted molar refractivity (Wildman–Crippen MR) is 136 cm³/mol. The zero-order valence-corrected chi connectivity index (χ0v) is 22.2. The van der Waals surface area contributed by atoms with E-state index in [9.17, 15) is 24.4 Å². The van der Waals surface area contributed by atoms with Gasteiger partial charge in [-0.1, -0.05) is 31.5 Å². The van der Waals surface area contributed by atoms with Crippen LogP contribution in [0.15, 0.2) is 47.4 Å². The van der Waals surface area contributed by atoms with Gasteiger partial charge in [-0.25, -0.2) is 4.57 Å². The third-order valence-electron chi connectivity index (χ3n) is 5.47. The maximum atomic E-state index is 13.8. The van der Waals surface area contributed by atoms with Crippen LogP contribution in [0.3, 0.4) is 0 Å². The van der Waals surface area contributed by atoms with Gasteiger partial charge in [0.2, 0.25) is 0 Å². The number of carbonyl (C=O) groups is 1. The summed E-state index contributed by atoms with van der Waals surface area (Å²) in [4.78, 5) is 26.3. The first-order valence-electron chi connectivity index (χ1n) is 12.6. The van der Waals surface area contributed by atoms with E-state index in [0.29, 0.717) is 6.42 Å². The Labute approximate surface area is 221 Å². The third kappa shape index (κ3) is 7.35. The number of aliphatic hydroxyl groups excluding tert-OH is 1. The first-order valence-corrected chi connectivity index (χ1v) is 13.5. The average molecular weight is 560 g/mol. The van der Waals surface area contributed by atoms with Gasteiger partial charge in [-0.3, -0.25) is 23.7 Å². The number of aromatic amines is 1. The van der Waals surface area contributed by atoms with Crippen molar-refractivity contribution >= 4 is 25.9 Å². The van der Waals surface area contributed by atoms with Crippen molar-refractivity contribution in [1.29, 1.82) is 0 Å². The normalized spacial score (nSPS) is 27.0. The quantitative estimate of drug-likeness (QED) is 0.131. The van der Waals surface area contributed by atoms with Gasteiger partial charge >= 0.3 is 13.7 Å². The van der Waals surface area contributed by atoms with E-state index in [2.05, 4.69) is 10.1 Å². The number of hydrogen-bond acceptors (Lipinski definition) is 10. The molecule has 1 aromatic carbocycles. The molecule has 1 aliphatic rings. The molecule has 0 aliphatic carbocycles. The van der Waals surface area contributed by atoms with E-state index in [-0.39, 0.29) is 17.1 Å². The molecule has 12 nitrogen and oxygen atoms in total. The minimum atomic E-state index is -4.71. The van der Waals surface area contributed by atoms with Gasteiger partial charge in [0.15, 0.2) is 11.0 Å². The zero-order valence-electron chi connectivity index (χ0n) is 22.5. The second kappa shape index (κ2) is 12.4.